The van der Waals surface area contributed by atoms with E-state index in [-0.39, 0.29) is 11.3 Å². The Hall–Kier alpha value is -0.630. The molecule has 5 nitrogen and oxygen atoms in total. The lowest BCUT2D eigenvalue weighted by molar-refractivity contribution is -0.137. The Morgan fingerprint density at radius 3 is 2.80 bits per heavy atom. The smallest absolute Gasteiger partial charge is 0.304 e. The fraction of sp³-hybridized carbons (Fsp3) is 0.417. The number of benzene rings is 1. The van der Waals surface area contributed by atoms with Crippen LogP contribution < -0.4 is 0 Å². The second-order valence-corrected chi connectivity index (χ2v) is 7.74. The third kappa shape index (κ3) is 3.16. The van der Waals surface area contributed by atoms with Gasteiger partial charge in [-0.2, -0.15) is 4.31 Å². The standard InChI is InChI=1S/C12H13BrClNO4S/c13-10-7-9(3-4-11(10)14)20(18,19)15-5-1-2-8(15)6-12(16)17/h3-4,7-8H,1-2,5-6H2,(H,16,17). The molecule has 1 saturated heterocycles. The second kappa shape index (κ2) is 6.01. The third-order valence-electron chi connectivity index (χ3n) is 3.23. The summed E-state index contributed by atoms with van der Waals surface area (Å²) in [6.07, 6.45) is 1.07. The van der Waals surface area contributed by atoms with E-state index in [1.165, 1.54) is 22.5 Å². The zero-order valence-corrected chi connectivity index (χ0v) is 13.6. The van der Waals surface area contributed by atoms with Crippen LogP contribution in [0.3, 0.4) is 0 Å². The lowest BCUT2D eigenvalue weighted by Gasteiger charge is -2.23. The van der Waals surface area contributed by atoms with Gasteiger partial charge in [-0.25, -0.2) is 8.42 Å². The van der Waals surface area contributed by atoms with Crippen molar-refractivity contribution in [2.24, 2.45) is 0 Å². The van der Waals surface area contributed by atoms with Crippen LogP contribution in [0, 0.1) is 0 Å². The molecule has 0 bridgehead atoms. The van der Waals surface area contributed by atoms with Gasteiger partial charge in [-0.05, 0) is 47.0 Å². The summed E-state index contributed by atoms with van der Waals surface area (Å²) >= 11 is 9.05. The summed E-state index contributed by atoms with van der Waals surface area (Å²) in [4.78, 5) is 10.9. The highest BCUT2D eigenvalue weighted by Crippen LogP contribution is 2.31. The molecule has 1 unspecified atom stereocenters. The van der Waals surface area contributed by atoms with E-state index in [4.69, 9.17) is 16.7 Å². The van der Waals surface area contributed by atoms with E-state index >= 15 is 0 Å². The van der Waals surface area contributed by atoms with E-state index < -0.39 is 22.0 Å². The van der Waals surface area contributed by atoms with Crippen LogP contribution in [0.4, 0.5) is 0 Å². The monoisotopic (exact) mass is 381 g/mol. The molecule has 20 heavy (non-hydrogen) atoms. The SMILES string of the molecule is O=C(O)CC1CCCN1S(=O)(=O)c1ccc(Cl)c(Br)c1. The van der Waals surface area contributed by atoms with E-state index in [9.17, 15) is 13.2 Å². The van der Waals surface area contributed by atoms with Crippen molar-refractivity contribution in [3.8, 4) is 0 Å². The van der Waals surface area contributed by atoms with Crippen molar-refractivity contribution in [1.29, 1.82) is 0 Å². The minimum Gasteiger partial charge on any atom is -0.481 e. The molecule has 0 saturated carbocycles. The van der Waals surface area contributed by atoms with E-state index in [0.717, 1.165) is 0 Å². The zero-order valence-electron chi connectivity index (χ0n) is 10.4. The predicted octanol–water partition coefficient (Wildman–Crippen LogP) is 2.73. The topological polar surface area (TPSA) is 74.7 Å². The lowest BCUT2D eigenvalue weighted by atomic mass is 10.2. The minimum absolute atomic E-state index is 0.117. The molecule has 1 aromatic rings. The Balaban J connectivity index is 2.33. The maximum Gasteiger partial charge on any atom is 0.304 e. The fourth-order valence-corrected chi connectivity index (χ4v) is 4.67. The molecule has 1 atom stereocenters. The number of nitrogens with zero attached hydrogens (tertiary/aromatic N) is 1. The maximum absolute atomic E-state index is 12.6. The van der Waals surface area contributed by atoms with Gasteiger partial charge in [0, 0.05) is 17.1 Å². The number of aliphatic carboxylic acids is 1. The first-order chi connectivity index (χ1) is 9.32. The Kier molecular flexibility index (Phi) is 4.73. The summed E-state index contributed by atoms with van der Waals surface area (Å²) < 4.78 is 26.9. The van der Waals surface area contributed by atoms with Gasteiger partial charge in [-0.1, -0.05) is 11.6 Å². The molecule has 1 aromatic carbocycles. The van der Waals surface area contributed by atoms with Gasteiger partial charge in [0.1, 0.15) is 0 Å². The van der Waals surface area contributed by atoms with Gasteiger partial charge in [0.25, 0.3) is 0 Å². The summed E-state index contributed by atoms with van der Waals surface area (Å²) in [6, 6.07) is 3.89. The second-order valence-electron chi connectivity index (χ2n) is 4.59. The normalized spacial score (nSPS) is 20.2. The molecule has 0 radical (unpaired) electrons. The molecule has 0 spiro atoms. The first kappa shape index (κ1) is 15.8. The van der Waals surface area contributed by atoms with E-state index in [1.54, 1.807) is 0 Å². The quantitative estimate of drug-likeness (QED) is 0.869. The van der Waals surface area contributed by atoms with Crippen molar-refractivity contribution in [2.45, 2.75) is 30.2 Å². The van der Waals surface area contributed by atoms with Crippen LogP contribution in [0.25, 0.3) is 0 Å². The van der Waals surface area contributed by atoms with E-state index in [2.05, 4.69) is 15.9 Å². The average molecular weight is 383 g/mol. The molecule has 1 aliphatic heterocycles. The molecule has 2 rings (SSSR count). The molecular formula is C12H13BrClNO4S. The molecule has 110 valence electrons. The Labute approximate surface area is 130 Å². The maximum atomic E-state index is 12.6. The number of hydrogen-bond acceptors (Lipinski definition) is 3. The molecule has 1 N–H and O–H groups in total. The molecule has 0 aromatic heterocycles. The van der Waals surface area contributed by atoms with Crippen LogP contribution in [0.1, 0.15) is 19.3 Å². The van der Waals surface area contributed by atoms with Crippen LogP contribution in [0.5, 0.6) is 0 Å². The van der Waals surface area contributed by atoms with Gasteiger partial charge in [0.05, 0.1) is 16.3 Å². The van der Waals surface area contributed by atoms with Gasteiger partial charge in [0.15, 0.2) is 0 Å². The number of rotatable bonds is 4. The Morgan fingerprint density at radius 2 is 2.20 bits per heavy atom. The molecular weight excluding hydrogens is 370 g/mol. The number of carbonyl (C=O) groups is 1. The van der Waals surface area contributed by atoms with Gasteiger partial charge in [0.2, 0.25) is 10.0 Å². The van der Waals surface area contributed by atoms with Crippen LogP contribution in [0.2, 0.25) is 5.02 Å². The highest BCUT2D eigenvalue weighted by molar-refractivity contribution is 9.10. The number of hydrogen-bond donors (Lipinski definition) is 1. The van der Waals surface area contributed by atoms with Crippen molar-refractivity contribution in [3.05, 3.63) is 27.7 Å². The molecule has 1 fully saturated rings. The largest absolute Gasteiger partial charge is 0.481 e. The van der Waals surface area contributed by atoms with Gasteiger partial charge >= 0.3 is 5.97 Å². The Bertz CT molecular complexity index is 634. The summed E-state index contributed by atoms with van der Waals surface area (Å²) in [5.74, 6) is -0.991. The number of halogens is 2. The molecule has 1 aliphatic rings. The van der Waals surface area contributed by atoms with Crippen LogP contribution in [0.15, 0.2) is 27.6 Å². The molecule has 0 amide bonds. The Morgan fingerprint density at radius 1 is 1.50 bits per heavy atom. The highest BCUT2D eigenvalue weighted by Gasteiger charge is 2.36. The first-order valence-corrected chi connectivity index (χ1v) is 8.62. The van der Waals surface area contributed by atoms with Crippen LogP contribution in [-0.4, -0.2) is 36.4 Å². The van der Waals surface area contributed by atoms with Crippen molar-refractivity contribution in [3.63, 3.8) is 0 Å². The minimum atomic E-state index is -3.69. The number of sulfonamides is 1. The van der Waals surface area contributed by atoms with Crippen LogP contribution in [-0.2, 0) is 14.8 Å². The van der Waals surface area contributed by atoms with Gasteiger partial charge in [-0.3, -0.25) is 4.79 Å². The van der Waals surface area contributed by atoms with Gasteiger partial charge < -0.3 is 5.11 Å². The third-order valence-corrected chi connectivity index (χ3v) is 6.39. The van der Waals surface area contributed by atoms with Crippen molar-refractivity contribution < 1.29 is 18.3 Å². The first-order valence-electron chi connectivity index (χ1n) is 6.01. The van der Waals surface area contributed by atoms with Crippen molar-refractivity contribution in [1.82, 2.24) is 4.31 Å². The molecule has 0 aliphatic carbocycles. The fourth-order valence-electron chi connectivity index (χ4n) is 2.30. The van der Waals surface area contributed by atoms with Crippen molar-refractivity contribution >= 4 is 43.5 Å². The summed E-state index contributed by atoms with van der Waals surface area (Å²) in [6.45, 7) is 0.348. The number of carboxylic acid groups (broad SMARTS) is 1. The van der Waals surface area contributed by atoms with Crippen molar-refractivity contribution in [2.75, 3.05) is 6.54 Å². The summed E-state index contributed by atoms with van der Waals surface area (Å²) in [5.41, 5.74) is 0. The van der Waals surface area contributed by atoms with E-state index in [1.807, 2.05) is 0 Å². The summed E-state index contributed by atoms with van der Waals surface area (Å²) in [5, 5.41) is 9.29. The summed E-state index contributed by atoms with van der Waals surface area (Å²) in [7, 11) is -3.69. The predicted molar refractivity (Wildman–Crippen MR) is 78.3 cm³/mol. The number of carboxylic acids is 1. The lowest BCUT2D eigenvalue weighted by Crippen LogP contribution is -2.36. The van der Waals surface area contributed by atoms with E-state index in [0.29, 0.717) is 28.9 Å². The molecule has 1 heterocycles. The van der Waals surface area contributed by atoms with Crippen LogP contribution >= 0.6 is 27.5 Å². The zero-order chi connectivity index (χ0) is 14.9. The average Bonchev–Trinajstić information content (AvgIpc) is 2.80. The van der Waals surface area contributed by atoms with Gasteiger partial charge in [-0.15, -0.1) is 0 Å². The molecule has 8 heteroatoms. The highest BCUT2D eigenvalue weighted by atomic mass is 79.9.